The lowest BCUT2D eigenvalue weighted by atomic mass is 10.1. The lowest BCUT2D eigenvalue weighted by molar-refractivity contribution is 0.501. The molecule has 2 rings (SSSR count). The van der Waals surface area contributed by atoms with Gasteiger partial charge in [-0.2, -0.15) is 0 Å². The molecule has 0 aliphatic heterocycles. The molecule has 1 heterocycles. The number of hydrogen-bond donors (Lipinski definition) is 1. The fraction of sp³-hybridized carbons (Fsp3) is 0.444. The zero-order chi connectivity index (χ0) is 15.2. The topological polar surface area (TPSA) is 12.0 Å². The van der Waals surface area contributed by atoms with Crippen LogP contribution in [0.1, 0.15) is 49.6 Å². The summed E-state index contributed by atoms with van der Waals surface area (Å²) in [6.07, 6.45) is 3.56. The SMILES string of the molecule is CCCNC(CCC)c1ccc(-c2cccc(Cl)c2C)s1. The van der Waals surface area contributed by atoms with E-state index >= 15 is 0 Å². The van der Waals surface area contributed by atoms with Crippen molar-refractivity contribution in [2.24, 2.45) is 0 Å². The summed E-state index contributed by atoms with van der Waals surface area (Å²) in [7, 11) is 0. The second-order valence-electron chi connectivity index (χ2n) is 5.41. The third-order valence-electron chi connectivity index (χ3n) is 3.72. The van der Waals surface area contributed by atoms with Gasteiger partial charge in [0.15, 0.2) is 0 Å². The number of halogens is 1. The van der Waals surface area contributed by atoms with Crippen LogP contribution in [0.3, 0.4) is 0 Å². The maximum atomic E-state index is 6.24. The highest BCUT2D eigenvalue weighted by molar-refractivity contribution is 7.15. The number of rotatable bonds is 7. The molecule has 2 aromatic rings. The summed E-state index contributed by atoms with van der Waals surface area (Å²) in [4.78, 5) is 2.74. The van der Waals surface area contributed by atoms with Crippen molar-refractivity contribution >= 4 is 22.9 Å². The summed E-state index contributed by atoms with van der Waals surface area (Å²) in [5.74, 6) is 0. The molecule has 3 heteroatoms. The van der Waals surface area contributed by atoms with E-state index in [1.165, 1.54) is 40.1 Å². The Morgan fingerprint density at radius 3 is 2.67 bits per heavy atom. The van der Waals surface area contributed by atoms with Gasteiger partial charge >= 0.3 is 0 Å². The van der Waals surface area contributed by atoms with E-state index in [1.54, 1.807) is 0 Å². The summed E-state index contributed by atoms with van der Waals surface area (Å²) in [5.41, 5.74) is 2.42. The van der Waals surface area contributed by atoms with Crippen LogP contribution in [0.15, 0.2) is 30.3 Å². The van der Waals surface area contributed by atoms with Crippen LogP contribution in [0.5, 0.6) is 0 Å². The molecule has 0 aliphatic carbocycles. The fourth-order valence-electron chi connectivity index (χ4n) is 2.51. The molecule has 0 radical (unpaired) electrons. The van der Waals surface area contributed by atoms with Gasteiger partial charge < -0.3 is 5.32 Å². The van der Waals surface area contributed by atoms with Gasteiger partial charge in [0, 0.05) is 20.8 Å². The molecular formula is C18H24ClNS. The average molecular weight is 322 g/mol. The number of hydrogen-bond acceptors (Lipinski definition) is 2. The molecule has 0 saturated heterocycles. The largest absolute Gasteiger partial charge is 0.309 e. The van der Waals surface area contributed by atoms with Crippen LogP contribution in [0.25, 0.3) is 10.4 Å². The van der Waals surface area contributed by atoms with Crippen molar-refractivity contribution in [3.63, 3.8) is 0 Å². The smallest absolute Gasteiger partial charge is 0.0441 e. The van der Waals surface area contributed by atoms with Crippen LogP contribution < -0.4 is 5.32 Å². The van der Waals surface area contributed by atoms with Gasteiger partial charge in [0.2, 0.25) is 0 Å². The van der Waals surface area contributed by atoms with E-state index in [2.05, 4.69) is 44.3 Å². The van der Waals surface area contributed by atoms with E-state index < -0.39 is 0 Å². The quantitative estimate of drug-likeness (QED) is 0.638. The van der Waals surface area contributed by atoms with Crippen LogP contribution in [-0.4, -0.2) is 6.54 Å². The number of benzene rings is 1. The highest BCUT2D eigenvalue weighted by Gasteiger charge is 2.14. The molecule has 1 atom stereocenters. The van der Waals surface area contributed by atoms with Crippen molar-refractivity contribution in [3.05, 3.63) is 45.8 Å². The Morgan fingerprint density at radius 2 is 1.95 bits per heavy atom. The van der Waals surface area contributed by atoms with Gasteiger partial charge in [-0.05, 0) is 55.6 Å². The van der Waals surface area contributed by atoms with E-state index in [1.807, 2.05) is 23.5 Å². The van der Waals surface area contributed by atoms with Gasteiger partial charge in [0.05, 0.1) is 0 Å². The average Bonchev–Trinajstić information content (AvgIpc) is 2.96. The first kappa shape index (κ1) is 16.5. The fourth-order valence-corrected chi connectivity index (χ4v) is 3.89. The molecule has 0 amide bonds. The van der Waals surface area contributed by atoms with E-state index in [4.69, 9.17) is 11.6 Å². The maximum absolute atomic E-state index is 6.24. The van der Waals surface area contributed by atoms with Crippen molar-refractivity contribution in [1.82, 2.24) is 5.32 Å². The summed E-state index contributed by atoms with van der Waals surface area (Å²) in [6.45, 7) is 7.63. The Morgan fingerprint density at radius 1 is 1.14 bits per heavy atom. The molecule has 1 nitrogen and oxygen atoms in total. The zero-order valence-corrected chi connectivity index (χ0v) is 14.7. The first-order valence-electron chi connectivity index (χ1n) is 7.76. The Balaban J connectivity index is 2.25. The van der Waals surface area contributed by atoms with E-state index in [0.717, 1.165) is 11.6 Å². The molecule has 1 aromatic heterocycles. The molecule has 1 N–H and O–H groups in total. The van der Waals surface area contributed by atoms with Gasteiger partial charge in [0.25, 0.3) is 0 Å². The summed E-state index contributed by atoms with van der Waals surface area (Å²) < 4.78 is 0. The normalized spacial score (nSPS) is 12.6. The van der Waals surface area contributed by atoms with E-state index in [0.29, 0.717) is 6.04 Å². The second-order valence-corrected chi connectivity index (χ2v) is 6.93. The molecule has 0 fully saturated rings. The van der Waals surface area contributed by atoms with Crippen LogP contribution in [0.4, 0.5) is 0 Å². The van der Waals surface area contributed by atoms with Gasteiger partial charge in [-0.25, -0.2) is 0 Å². The molecular weight excluding hydrogens is 298 g/mol. The van der Waals surface area contributed by atoms with Crippen LogP contribution >= 0.6 is 22.9 Å². The van der Waals surface area contributed by atoms with Crippen LogP contribution in [0.2, 0.25) is 5.02 Å². The Labute approximate surface area is 137 Å². The highest BCUT2D eigenvalue weighted by atomic mass is 35.5. The molecule has 0 aliphatic rings. The van der Waals surface area contributed by atoms with Crippen molar-refractivity contribution in [1.29, 1.82) is 0 Å². The standard InChI is InChI=1S/C18H24ClNS/c1-4-7-16(20-12-5-2)18-11-10-17(21-18)14-8-6-9-15(19)13(14)3/h6,8-11,16,20H,4-5,7,12H2,1-3H3. The van der Waals surface area contributed by atoms with Gasteiger partial charge in [-0.15, -0.1) is 11.3 Å². The molecule has 1 unspecified atom stereocenters. The van der Waals surface area contributed by atoms with Gasteiger partial charge in [-0.3, -0.25) is 0 Å². The highest BCUT2D eigenvalue weighted by Crippen LogP contribution is 2.36. The first-order chi connectivity index (χ1) is 10.2. The van der Waals surface area contributed by atoms with Gasteiger partial charge in [-0.1, -0.05) is 44.0 Å². The van der Waals surface area contributed by atoms with E-state index in [9.17, 15) is 0 Å². The predicted molar refractivity (Wildman–Crippen MR) is 95.4 cm³/mol. The Bertz CT molecular complexity index is 576. The van der Waals surface area contributed by atoms with Crippen molar-refractivity contribution < 1.29 is 0 Å². The van der Waals surface area contributed by atoms with E-state index in [-0.39, 0.29) is 0 Å². The van der Waals surface area contributed by atoms with Crippen molar-refractivity contribution in [3.8, 4) is 10.4 Å². The summed E-state index contributed by atoms with van der Waals surface area (Å²) >= 11 is 8.13. The Kier molecular flexibility index (Phi) is 6.28. The minimum atomic E-state index is 0.480. The molecule has 114 valence electrons. The van der Waals surface area contributed by atoms with Crippen molar-refractivity contribution in [2.45, 2.75) is 46.1 Å². The third-order valence-corrected chi connectivity index (χ3v) is 5.36. The predicted octanol–water partition coefficient (Wildman–Crippen LogP) is 6.22. The first-order valence-corrected chi connectivity index (χ1v) is 8.95. The van der Waals surface area contributed by atoms with Gasteiger partial charge in [0.1, 0.15) is 0 Å². The minimum absolute atomic E-state index is 0.480. The molecule has 0 bridgehead atoms. The molecule has 0 spiro atoms. The summed E-state index contributed by atoms with van der Waals surface area (Å²) in [6, 6.07) is 11.1. The molecule has 1 aromatic carbocycles. The van der Waals surface area contributed by atoms with Crippen LogP contribution in [0, 0.1) is 6.92 Å². The number of nitrogens with one attached hydrogen (secondary N) is 1. The third kappa shape index (κ3) is 4.09. The summed E-state index contributed by atoms with van der Waals surface area (Å²) in [5, 5.41) is 4.51. The molecule has 0 saturated carbocycles. The zero-order valence-electron chi connectivity index (χ0n) is 13.1. The lowest BCUT2D eigenvalue weighted by Gasteiger charge is -2.16. The Hall–Kier alpha value is -0.830. The monoisotopic (exact) mass is 321 g/mol. The maximum Gasteiger partial charge on any atom is 0.0441 e. The molecule has 21 heavy (non-hydrogen) atoms. The second kappa shape index (κ2) is 7.98. The minimum Gasteiger partial charge on any atom is -0.309 e. The van der Waals surface area contributed by atoms with Crippen LogP contribution in [-0.2, 0) is 0 Å². The number of thiophene rings is 1. The lowest BCUT2D eigenvalue weighted by Crippen LogP contribution is -2.21. The van der Waals surface area contributed by atoms with Crippen molar-refractivity contribution in [2.75, 3.05) is 6.54 Å².